The first-order valence-electron chi connectivity index (χ1n) is 7.94. The molecule has 0 amide bonds. The number of nitrogens with zero attached hydrogens (tertiary/aromatic N) is 2. The number of nitrogens with two attached hydrogens (primary N) is 1. The third-order valence-electron chi connectivity index (χ3n) is 4.37. The predicted molar refractivity (Wildman–Crippen MR) is 95.3 cm³/mol. The molecule has 2 N–H and O–H groups in total. The van der Waals surface area contributed by atoms with Crippen molar-refractivity contribution in [2.75, 3.05) is 17.2 Å². The molecule has 2 aromatic carbocycles. The Hall–Kier alpha value is -2.81. The van der Waals surface area contributed by atoms with Gasteiger partial charge in [-0.3, -0.25) is 0 Å². The highest BCUT2D eigenvalue weighted by molar-refractivity contribution is 5.65. The Morgan fingerprint density at radius 2 is 1.70 bits per heavy atom. The topological polar surface area (TPSA) is 42.1 Å². The van der Waals surface area contributed by atoms with E-state index in [4.69, 9.17) is 10.7 Å². The van der Waals surface area contributed by atoms with E-state index >= 15 is 0 Å². The van der Waals surface area contributed by atoms with Gasteiger partial charge in [0.05, 0.1) is 5.69 Å². The number of hydrogen-bond acceptors (Lipinski definition) is 3. The molecule has 114 valence electrons. The highest BCUT2D eigenvalue weighted by Crippen LogP contribution is 2.26. The molecule has 23 heavy (non-hydrogen) atoms. The van der Waals surface area contributed by atoms with Crippen molar-refractivity contribution in [1.82, 2.24) is 4.98 Å². The standard InChI is InChI=1S/C20H19N3/c21-18-8-3-7-16(13-18)19-9-4-10-20(22-19)23-12-11-15-5-1-2-6-17(15)14-23/h1-10,13H,11-12,14,21H2. The Kier molecular flexibility index (Phi) is 3.46. The van der Waals surface area contributed by atoms with Crippen LogP contribution < -0.4 is 10.6 Å². The van der Waals surface area contributed by atoms with Crippen LogP contribution in [0.4, 0.5) is 11.5 Å². The van der Waals surface area contributed by atoms with Gasteiger partial charge in [0, 0.05) is 24.3 Å². The number of aromatic nitrogens is 1. The Balaban J connectivity index is 1.65. The van der Waals surface area contributed by atoms with Gasteiger partial charge in [-0.15, -0.1) is 0 Å². The fraction of sp³-hybridized carbons (Fsp3) is 0.150. The lowest BCUT2D eigenvalue weighted by Gasteiger charge is -2.30. The summed E-state index contributed by atoms with van der Waals surface area (Å²) in [6.07, 6.45) is 1.07. The van der Waals surface area contributed by atoms with Gasteiger partial charge in [0.2, 0.25) is 0 Å². The van der Waals surface area contributed by atoms with Gasteiger partial charge in [-0.2, -0.15) is 0 Å². The van der Waals surface area contributed by atoms with Crippen molar-refractivity contribution >= 4 is 11.5 Å². The summed E-state index contributed by atoms with van der Waals surface area (Å²) in [5.74, 6) is 1.03. The smallest absolute Gasteiger partial charge is 0.129 e. The quantitative estimate of drug-likeness (QED) is 0.730. The summed E-state index contributed by atoms with van der Waals surface area (Å²) in [4.78, 5) is 7.20. The second kappa shape index (κ2) is 5.76. The second-order valence-electron chi connectivity index (χ2n) is 5.95. The molecule has 1 aromatic heterocycles. The second-order valence-corrected chi connectivity index (χ2v) is 5.95. The molecule has 0 atom stereocenters. The molecular formula is C20H19N3. The van der Waals surface area contributed by atoms with Gasteiger partial charge in [0.25, 0.3) is 0 Å². The molecule has 0 aliphatic carbocycles. The lowest BCUT2D eigenvalue weighted by atomic mass is 10.00. The first-order valence-corrected chi connectivity index (χ1v) is 7.94. The van der Waals surface area contributed by atoms with Crippen LogP contribution in [-0.4, -0.2) is 11.5 Å². The zero-order valence-corrected chi connectivity index (χ0v) is 12.9. The lowest BCUT2D eigenvalue weighted by molar-refractivity contribution is 0.721. The number of nitrogen functional groups attached to an aromatic ring is 1. The van der Waals surface area contributed by atoms with Crippen molar-refractivity contribution in [3.05, 3.63) is 77.9 Å². The minimum Gasteiger partial charge on any atom is -0.399 e. The lowest BCUT2D eigenvalue weighted by Crippen LogP contribution is -2.30. The number of rotatable bonds is 2. The van der Waals surface area contributed by atoms with Crippen molar-refractivity contribution in [3.63, 3.8) is 0 Å². The first kappa shape index (κ1) is 13.8. The van der Waals surface area contributed by atoms with Crippen LogP contribution in [0.3, 0.4) is 0 Å². The number of anilines is 2. The summed E-state index contributed by atoms with van der Waals surface area (Å²) < 4.78 is 0. The molecule has 0 saturated heterocycles. The molecule has 0 fully saturated rings. The number of fused-ring (bicyclic) bond motifs is 1. The molecule has 3 heteroatoms. The summed E-state index contributed by atoms with van der Waals surface area (Å²) in [5, 5.41) is 0. The molecule has 4 rings (SSSR count). The van der Waals surface area contributed by atoms with E-state index in [0.717, 1.165) is 42.3 Å². The van der Waals surface area contributed by atoms with Crippen molar-refractivity contribution in [1.29, 1.82) is 0 Å². The minimum atomic E-state index is 0.765. The summed E-state index contributed by atoms with van der Waals surface area (Å²) >= 11 is 0. The van der Waals surface area contributed by atoms with E-state index in [-0.39, 0.29) is 0 Å². The van der Waals surface area contributed by atoms with Crippen LogP contribution in [0.5, 0.6) is 0 Å². The Morgan fingerprint density at radius 3 is 2.57 bits per heavy atom. The van der Waals surface area contributed by atoms with E-state index in [2.05, 4.69) is 41.3 Å². The van der Waals surface area contributed by atoms with Crippen LogP contribution in [-0.2, 0) is 13.0 Å². The van der Waals surface area contributed by atoms with E-state index in [9.17, 15) is 0 Å². The summed E-state index contributed by atoms with van der Waals surface area (Å²) in [5.41, 5.74) is 11.5. The Bertz CT molecular complexity index is 842. The minimum absolute atomic E-state index is 0.765. The summed E-state index contributed by atoms with van der Waals surface area (Å²) in [7, 11) is 0. The van der Waals surface area contributed by atoms with Gasteiger partial charge in [0.1, 0.15) is 5.82 Å². The van der Waals surface area contributed by atoms with Gasteiger partial charge in [-0.05, 0) is 41.8 Å². The van der Waals surface area contributed by atoms with E-state index < -0.39 is 0 Å². The molecule has 3 aromatic rings. The molecular weight excluding hydrogens is 282 g/mol. The number of pyridine rings is 1. The molecule has 1 aliphatic heterocycles. The van der Waals surface area contributed by atoms with Crippen LogP contribution in [0.2, 0.25) is 0 Å². The first-order chi connectivity index (χ1) is 11.3. The monoisotopic (exact) mass is 301 g/mol. The molecule has 0 spiro atoms. The normalized spacial score (nSPS) is 13.7. The molecule has 0 saturated carbocycles. The van der Waals surface area contributed by atoms with Crippen molar-refractivity contribution in [3.8, 4) is 11.3 Å². The molecule has 2 heterocycles. The predicted octanol–water partition coefficient (Wildman–Crippen LogP) is 3.89. The van der Waals surface area contributed by atoms with Gasteiger partial charge < -0.3 is 10.6 Å². The van der Waals surface area contributed by atoms with Gasteiger partial charge in [0.15, 0.2) is 0 Å². The maximum atomic E-state index is 5.89. The average molecular weight is 301 g/mol. The molecule has 3 nitrogen and oxygen atoms in total. The van der Waals surface area contributed by atoms with Crippen LogP contribution in [0.15, 0.2) is 66.7 Å². The van der Waals surface area contributed by atoms with Gasteiger partial charge in [-0.1, -0.05) is 42.5 Å². The molecule has 0 unspecified atom stereocenters. The van der Waals surface area contributed by atoms with Gasteiger partial charge >= 0.3 is 0 Å². The SMILES string of the molecule is Nc1cccc(-c2cccc(N3CCc4ccccc4C3)n2)c1. The highest BCUT2D eigenvalue weighted by Gasteiger charge is 2.17. The third-order valence-corrected chi connectivity index (χ3v) is 4.37. The number of benzene rings is 2. The van der Waals surface area contributed by atoms with E-state index in [1.165, 1.54) is 11.1 Å². The summed E-state index contributed by atoms with van der Waals surface area (Å²) in [6.45, 7) is 1.92. The van der Waals surface area contributed by atoms with E-state index in [1.807, 2.05) is 30.3 Å². The fourth-order valence-corrected chi connectivity index (χ4v) is 3.15. The molecule has 0 bridgehead atoms. The molecule has 1 aliphatic rings. The summed E-state index contributed by atoms with van der Waals surface area (Å²) in [6, 6.07) is 22.7. The Morgan fingerprint density at radius 1 is 0.870 bits per heavy atom. The van der Waals surface area contributed by atoms with Crippen LogP contribution >= 0.6 is 0 Å². The number of hydrogen-bond donors (Lipinski definition) is 1. The van der Waals surface area contributed by atoms with Crippen LogP contribution in [0.1, 0.15) is 11.1 Å². The molecule has 0 radical (unpaired) electrons. The van der Waals surface area contributed by atoms with E-state index in [0.29, 0.717) is 0 Å². The van der Waals surface area contributed by atoms with Crippen molar-refractivity contribution in [2.45, 2.75) is 13.0 Å². The van der Waals surface area contributed by atoms with E-state index in [1.54, 1.807) is 0 Å². The average Bonchev–Trinajstić information content (AvgIpc) is 2.61. The van der Waals surface area contributed by atoms with Crippen molar-refractivity contribution in [2.24, 2.45) is 0 Å². The zero-order chi connectivity index (χ0) is 15.6. The van der Waals surface area contributed by atoms with Crippen LogP contribution in [0, 0.1) is 0 Å². The van der Waals surface area contributed by atoms with Gasteiger partial charge in [-0.25, -0.2) is 4.98 Å². The third kappa shape index (κ3) is 2.78. The zero-order valence-electron chi connectivity index (χ0n) is 12.9. The Labute approximate surface area is 136 Å². The fourth-order valence-electron chi connectivity index (χ4n) is 3.15. The highest BCUT2D eigenvalue weighted by atomic mass is 15.2. The van der Waals surface area contributed by atoms with Crippen LogP contribution in [0.25, 0.3) is 11.3 Å². The van der Waals surface area contributed by atoms with Crippen molar-refractivity contribution < 1.29 is 0 Å². The maximum Gasteiger partial charge on any atom is 0.129 e. The largest absolute Gasteiger partial charge is 0.399 e. The maximum absolute atomic E-state index is 5.89.